The Morgan fingerprint density at radius 3 is 2.61 bits per heavy atom. The van der Waals surface area contributed by atoms with Gasteiger partial charge in [0.25, 0.3) is 0 Å². The maximum absolute atomic E-state index is 13.3. The number of imidazole rings is 1. The van der Waals surface area contributed by atoms with E-state index in [4.69, 9.17) is 9.84 Å². The summed E-state index contributed by atoms with van der Waals surface area (Å²) in [6, 6.07) is 11.5. The van der Waals surface area contributed by atoms with E-state index in [0.29, 0.717) is 37.1 Å². The third-order valence-electron chi connectivity index (χ3n) is 4.97. The highest BCUT2D eigenvalue weighted by Crippen LogP contribution is 2.33. The summed E-state index contributed by atoms with van der Waals surface area (Å²) in [5, 5.41) is 15.3. The second-order valence-corrected chi connectivity index (χ2v) is 9.87. The number of hydrogen-bond donors (Lipinski definition) is 3. The number of urea groups is 1. The van der Waals surface area contributed by atoms with Crippen LogP contribution in [0, 0.1) is 6.92 Å². The molecule has 12 heteroatoms. The Labute approximate surface area is 214 Å². The van der Waals surface area contributed by atoms with Gasteiger partial charge in [-0.2, -0.15) is 0 Å². The molecule has 0 aliphatic carbocycles. The molecule has 10 nitrogen and oxygen atoms in total. The van der Waals surface area contributed by atoms with Crippen LogP contribution in [0.5, 0.6) is 5.75 Å². The molecule has 0 radical (unpaired) electrons. The fraction of sp³-hybridized carbons (Fsp3) is 0.125. The molecule has 0 unspecified atom stereocenters. The molecule has 4 aromatic rings. The van der Waals surface area contributed by atoms with Crippen LogP contribution in [-0.4, -0.2) is 44.5 Å². The largest absolute Gasteiger partial charge is 0.496 e. The van der Waals surface area contributed by atoms with E-state index in [0.717, 1.165) is 5.56 Å². The lowest BCUT2D eigenvalue weighted by Crippen LogP contribution is -2.21. The van der Waals surface area contributed by atoms with Gasteiger partial charge >= 0.3 is 12.0 Å². The van der Waals surface area contributed by atoms with E-state index in [1.165, 1.54) is 36.4 Å². The molecule has 36 heavy (non-hydrogen) atoms. The van der Waals surface area contributed by atoms with Crippen molar-refractivity contribution in [3.63, 3.8) is 0 Å². The number of ketones is 1. The Balaban J connectivity index is 1.48. The Morgan fingerprint density at radius 1 is 1.11 bits per heavy atom. The maximum atomic E-state index is 13.3. The quantitative estimate of drug-likeness (QED) is 0.277. The van der Waals surface area contributed by atoms with Crippen LogP contribution in [0.1, 0.15) is 32.0 Å². The third kappa shape index (κ3) is 5.56. The van der Waals surface area contributed by atoms with Gasteiger partial charge in [-0.05, 0) is 43.0 Å². The molecule has 2 aromatic carbocycles. The maximum Gasteiger partial charge on any atom is 0.356 e. The number of thiazole rings is 1. The van der Waals surface area contributed by atoms with Crippen LogP contribution in [0.4, 0.5) is 15.6 Å². The molecule has 0 spiro atoms. The topological polar surface area (TPSA) is 135 Å². The molecule has 4 rings (SSSR count). The van der Waals surface area contributed by atoms with Gasteiger partial charge in [-0.15, -0.1) is 0 Å². The number of anilines is 2. The Bertz CT molecular complexity index is 1460. The van der Waals surface area contributed by atoms with Crippen LogP contribution in [0.25, 0.3) is 0 Å². The molecule has 2 amide bonds. The van der Waals surface area contributed by atoms with Crippen LogP contribution < -0.4 is 15.4 Å². The number of benzene rings is 2. The van der Waals surface area contributed by atoms with Crippen LogP contribution in [0.2, 0.25) is 0 Å². The second kappa shape index (κ2) is 10.6. The highest BCUT2D eigenvalue weighted by atomic mass is 32.2. The number of ether oxygens (including phenoxy) is 1. The van der Waals surface area contributed by atoms with Gasteiger partial charge < -0.3 is 19.7 Å². The standard InChI is InChI=1S/C24H21N5O5S2/c1-13-8-9-16(15(10-13)20(30)14-6-4-5-7-18(14)34-3)26-22(33)28-23-25-11-19(35-23)36-24-27-17(21(31)32)12-29(24)2/h4-12H,1-3H3,(H,31,32)(H2,25,26,28,33). The van der Waals surface area contributed by atoms with Crippen molar-refractivity contribution in [2.75, 3.05) is 17.7 Å². The van der Waals surface area contributed by atoms with Crippen molar-refractivity contribution in [3.05, 3.63) is 77.2 Å². The average Bonchev–Trinajstić information content (AvgIpc) is 3.45. The first kappa shape index (κ1) is 24.9. The fourth-order valence-corrected chi connectivity index (χ4v) is 5.08. The molecule has 2 aromatic heterocycles. The number of carbonyl (C=O) groups excluding carboxylic acids is 2. The molecule has 0 bridgehead atoms. The number of para-hydroxylation sites is 1. The minimum absolute atomic E-state index is 0.0567. The molecule has 0 saturated carbocycles. The predicted molar refractivity (Wildman–Crippen MR) is 137 cm³/mol. The van der Waals surface area contributed by atoms with E-state index in [1.54, 1.807) is 60.3 Å². The molecular weight excluding hydrogens is 502 g/mol. The number of hydrogen-bond acceptors (Lipinski definition) is 8. The summed E-state index contributed by atoms with van der Waals surface area (Å²) in [6.45, 7) is 1.86. The monoisotopic (exact) mass is 523 g/mol. The molecule has 0 fully saturated rings. The SMILES string of the molecule is COc1ccccc1C(=O)c1cc(C)ccc1NC(=O)Nc1ncc(Sc2nc(C(=O)O)cn2C)s1. The zero-order valence-corrected chi connectivity index (χ0v) is 21.1. The van der Waals surface area contributed by atoms with E-state index in [9.17, 15) is 14.4 Å². The van der Waals surface area contributed by atoms with Gasteiger partial charge in [0.15, 0.2) is 21.8 Å². The number of aromatic nitrogens is 3. The minimum atomic E-state index is -1.11. The minimum Gasteiger partial charge on any atom is -0.496 e. The van der Waals surface area contributed by atoms with Gasteiger partial charge in [0.05, 0.1) is 28.8 Å². The Hall–Kier alpha value is -4.16. The van der Waals surface area contributed by atoms with Crippen molar-refractivity contribution in [1.82, 2.24) is 14.5 Å². The van der Waals surface area contributed by atoms with Crippen LogP contribution in [0.3, 0.4) is 0 Å². The summed E-state index contributed by atoms with van der Waals surface area (Å²) in [4.78, 5) is 45.4. The molecule has 3 N–H and O–H groups in total. The number of aryl methyl sites for hydroxylation is 2. The molecule has 0 aliphatic rings. The summed E-state index contributed by atoms with van der Waals surface area (Å²) in [7, 11) is 3.19. The van der Waals surface area contributed by atoms with Gasteiger partial charge in [0.2, 0.25) is 0 Å². The zero-order valence-electron chi connectivity index (χ0n) is 19.4. The van der Waals surface area contributed by atoms with Crippen molar-refractivity contribution in [3.8, 4) is 5.75 Å². The Morgan fingerprint density at radius 2 is 1.89 bits per heavy atom. The number of nitrogens with one attached hydrogen (secondary N) is 2. The zero-order chi connectivity index (χ0) is 25.8. The van der Waals surface area contributed by atoms with Crippen molar-refractivity contribution < 1.29 is 24.2 Å². The molecule has 2 heterocycles. The van der Waals surface area contributed by atoms with Crippen LogP contribution >= 0.6 is 23.1 Å². The van der Waals surface area contributed by atoms with E-state index in [-0.39, 0.29) is 11.5 Å². The van der Waals surface area contributed by atoms with E-state index in [1.807, 2.05) is 6.92 Å². The number of rotatable bonds is 8. The van der Waals surface area contributed by atoms with Crippen molar-refractivity contribution in [2.45, 2.75) is 16.3 Å². The van der Waals surface area contributed by atoms with Gasteiger partial charge in [0.1, 0.15) is 5.75 Å². The van der Waals surface area contributed by atoms with Gasteiger partial charge in [-0.25, -0.2) is 19.6 Å². The van der Waals surface area contributed by atoms with E-state index in [2.05, 4.69) is 20.6 Å². The third-order valence-corrected chi connectivity index (χ3v) is 7.05. The normalized spacial score (nSPS) is 10.6. The van der Waals surface area contributed by atoms with Crippen LogP contribution in [0.15, 0.2) is 64.2 Å². The highest BCUT2D eigenvalue weighted by molar-refractivity contribution is 8.01. The molecule has 0 saturated heterocycles. The summed E-state index contributed by atoms with van der Waals surface area (Å²) in [5.74, 6) is -0.953. The number of methoxy groups -OCH3 is 1. The highest BCUT2D eigenvalue weighted by Gasteiger charge is 2.20. The predicted octanol–water partition coefficient (Wildman–Crippen LogP) is 4.92. The second-order valence-electron chi connectivity index (χ2n) is 7.57. The summed E-state index contributed by atoms with van der Waals surface area (Å²) >= 11 is 2.43. The van der Waals surface area contributed by atoms with E-state index >= 15 is 0 Å². The number of nitrogens with zero attached hydrogens (tertiary/aromatic N) is 3. The van der Waals surface area contributed by atoms with Crippen molar-refractivity contribution in [2.24, 2.45) is 7.05 Å². The molecular formula is C24H21N5O5S2. The van der Waals surface area contributed by atoms with Crippen LogP contribution in [-0.2, 0) is 7.05 Å². The average molecular weight is 524 g/mol. The molecule has 184 valence electrons. The van der Waals surface area contributed by atoms with Crippen molar-refractivity contribution >= 4 is 51.7 Å². The number of carboxylic acid groups (broad SMARTS) is 1. The van der Waals surface area contributed by atoms with Gasteiger partial charge in [0, 0.05) is 18.8 Å². The Kier molecular flexibility index (Phi) is 7.36. The lowest BCUT2D eigenvalue weighted by Gasteiger charge is -2.13. The summed E-state index contributed by atoms with van der Waals surface area (Å²) in [5.41, 5.74) is 1.86. The van der Waals surface area contributed by atoms with Gasteiger partial charge in [-0.3, -0.25) is 10.1 Å². The van der Waals surface area contributed by atoms with E-state index < -0.39 is 12.0 Å². The lowest BCUT2D eigenvalue weighted by atomic mass is 9.99. The number of carboxylic acids is 1. The summed E-state index contributed by atoms with van der Waals surface area (Å²) < 4.78 is 7.63. The van der Waals surface area contributed by atoms with Crippen molar-refractivity contribution in [1.29, 1.82) is 0 Å². The lowest BCUT2D eigenvalue weighted by molar-refractivity contribution is 0.0690. The number of amides is 2. The smallest absolute Gasteiger partial charge is 0.356 e. The number of carbonyl (C=O) groups is 3. The number of aromatic carboxylic acids is 1. The summed E-state index contributed by atoms with van der Waals surface area (Å²) in [6.07, 6.45) is 2.98. The first-order chi connectivity index (χ1) is 17.2. The molecule has 0 aliphatic heterocycles. The first-order valence-electron chi connectivity index (χ1n) is 10.5. The van der Waals surface area contributed by atoms with Gasteiger partial charge in [-0.1, -0.05) is 35.1 Å². The fourth-order valence-electron chi connectivity index (χ4n) is 3.28. The first-order valence-corrected chi connectivity index (χ1v) is 12.1. The molecule has 0 atom stereocenters.